The fraction of sp³-hybridized carbons (Fsp3) is 0.250. The largest absolute Gasteiger partial charge is 0.457 e. The normalized spacial score (nSPS) is 18.2. The number of halogens is 2. The Hall–Kier alpha value is -5.29. The maximum atomic E-state index is 16.6. The van der Waals surface area contributed by atoms with Crippen LogP contribution in [0.4, 0.5) is 14.5 Å². The SMILES string of the molecule is C=C(F)/C=C(/NC)c1[nH]c2ncc(-c3ccc4ccc(C(=O)OCc5ccccc5)c(=O)n4c3)c(N3CC[C@H]4CN(C)CC43)c2c1F. The summed E-state index contributed by atoms with van der Waals surface area (Å²) in [7, 11) is 3.66. The number of esters is 1. The molecule has 0 spiro atoms. The van der Waals surface area contributed by atoms with Crippen LogP contribution in [-0.4, -0.2) is 65.0 Å². The molecule has 0 aliphatic carbocycles. The van der Waals surface area contributed by atoms with E-state index in [1.165, 1.54) is 10.5 Å². The minimum atomic E-state index is -0.720. The molecular weight excluding hydrogens is 602 g/mol. The van der Waals surface area contributed by atoms with Crippen molar-refractivity contribution in [2.24, 2.45) is 5.92 Å². The van der Waals surface area contributed by atoms with Gasteiger partial charge in [-0.25, -0.2) is 18.6 Å². The van der Waals surface area contributed by atoms with Crippen molar-refractivity contribution in [2.75, 3.05) is 38.6 Å². The van der Waals surface area contributed by atoms with Gasteiger partial charge in [0.05, 0.1) is 16.8 Å². The number of ether oxygens (including phenoxy) is 1. The van der Waals surface area contributed by atoms with Gasteiger partial charge in [-0.1, -0.05) is 43.0 Å². The molecule has 6 heterocycles. The number of hydrogen-bond acceptors (Lipinski definition) is 7. The number of H-pyrrole nitrogens is 1. The van der Waals surface area contributed by atoms with Gasteiger partial charge >= 0.3 is 5.97 Å². The number of likely N-dealkylation sites (tertiary alicyclic amines) is 1. The van der Waals surface area contributed by atoms with Crippen LogP contribution in [-0.2, 0) is 11.3 Å². The molecule has 9 nitrogen and oxygen atoms in total. The average Bonchev–Trinajstić information content (AvgIpc) is 3.74. The van der Waals surface area contributed by atoms with Gasteiger partial charge in [0.2, 0.25) is 0 Å². The van der Waals surface area contributed by atoms with Gasteiger partial charge in [0.15, 0.2) is 5.82 Å². The fourth-order valence-corrected chi connectivity index (χ4v) is 6.98. The Balaban J connectivity index is 1.36. The second-order valence-corrected chi connectivity index (χ2v) is 12.2. The highest BCUT2D eigenvalue weighted by atomic mass is 19.1. The molecule has 0 bridgehead atoms. The van der Waals surface area contributed by atoms with Gasteiger partial charge in [-0.3, -0.25) is 9.20 Å². The fourth-order valence-electron chi connectivity index (χ4n) is 6.98. The Kier molecular flexibility index (Phi) is 7.85. The monoisotopic (exact) mass is 636 g/mol. The molecule has 240 valence electrons. The number of carbonyl (C=O) groups excluding carboxylic acids is 1. The number of allylic oxidation sites excluding steroid dienone is 2. The summed E-state index contributed by atoms with van der Waals surface area (Å²) in [6.45, 7) is 5.83. The lowest BCUT2D eigenvalue weighted by atomic mass is 10.0. The number of nitrogens with zero attached hydrogens (tertiary/aromatic N) is 4. The van der Waals surface area contributed by atoms with E-state index in [4.69, 9.17) is 4.74 Å². The highest BCUT2D eigenvalue weighted by Gasteiger charge is 2.42. The Morgan fingerprint density at radius 2 is 1.96 bits per heavy atom. The predicted octanol–water partition coefficient (Wildman–Crippen LogP) is 5.52. The van der Waals surface area contributed by atoms with E-state index < -0.39 is 23.2 Å². The number of benzene rings is 1. The molecule has 4 aromatic heterocycles. The molecule has 5 aromatic rings. The van der Waals surface area contributed by atoms with E-state index in [0.29, 0.717) is 33.9 Å². The first-order valence-electron chi connectivity index (χ1n) is 15.5. The number of hydrogen-bond donors (Lipinski definition) is 2. The molecule has 2 N–H and O–H groups in total. The van der Waals surface area contributed by atoms with Crippen LogP contribution in [0.5, 0.6) is 0 Å². The molecule has 2 saturated heterocycles. The van der Waals surface area contributed by atoms with Crippen molar-refractivity contribution < 1.29 is 18.3 Å². The second-order valence-electron chi connectivity index (χ2n) is 12.2. The van der Waals surface area contributed by atoms with Crippen LogP contribution in [0.25, 0.3) is 33.4 Å². The molecule has 47 heavy (non-hydrogen) atoms. The quantitative estimate of drug-likeness (QED) is 0.171. The van der Waals surface area contributed by atoms with Crippen molar-refractivity contribution in [3.8, 4) is 11.1 Å². The molecule has 0 saturated carbocycles. The number of rotatable bonds is 8. The van der Waals surface area contributed by atoms with Gasteiger partial charge in [-0.2, -0.15) is 0 Å². The van der Waals surface area contributed by atoms with Crippen molar-refractivity contribution in [1.82, 2.24) is 24.6 Å². The van der Waals surface area contributed by atoms with Crippen molar-refractivity contribution in [2.45, 2.75) is 19.1 Å². The van der Waals surface area contributed by atoms with Crippen LogP contribution >= 0.6 is 0 Å². The average molecular weight is 637 g/mol. The zero-order chi connectivity index (χ0) is 32.8. The summed E-state index contributed by atoms with van der Waals surface area (Å²) in [5.41, 5.74) is 3.26. The van der Waals surface area contributed by atoms with E-state index in [9.17, 15) is 14.0 Å². The Labute approximate surface area is 269 Å². The first kappa shape index (κ1) is 30.4. The molecule has 2 aliphatic rings. The summed E-state index contributed by atoms with van der Waals surface area (Å²) in [6.07, 6.45) is 5.41. The minimum Gasteiger partial charge on any atom is -0.457 e. The highest BCUT2D eigenvalue weighted by molar-refractivity contribution is 6.01. The first-order chi connectivity index (χ1) is 22.7. The van der Waals surface area contributed by atoms with E-state index in [-0.39, 0.29) is 35.0 Å². The van der Waals surface area contributed by atoms with Gasteiger partial charge in [-0.05, 0) is 49.2 Å². The lowest BCUT2D eigenvalue weighted by Gasteiger charge is -2.29. The van der Waals surface area contributed by atoms with Crippen LogP contribution in [0.3, 0.4) is 0 Å². The lowest BCUT2D eigenvalue weighted by molar-refractivity contribution is 0.0470. The van der Waals surface area contributed by atoms with E-state index in [1.807, 2.05) is 36.4 Å². The predicted molar refractivity (Wildman–Crippen MR) is 178 cm³/mol. The molecule has 2 aliphatic heterocycles. The van der Waals surface area contributed by atoms with Gasteiger partial charge in [0.25, 0.3) is 5.56 Å². The molecule has 2 atom stereocenters. The minimum absolute atomic E-state index is 0.0399. The number of aromatic nitrogens is 3. The number of nitrogens with one attached hydrogen (secondary N) is 2. The van der Waals surface area contributed by atoms with E-state index >= 15 is 4.39 Å². The third-order valence-corrected chi connectivity index (χ3v) is 9.18. The van der Waals surface area contributed by atoms with Crippen molar-refractivity contribution in [3.63, 3.8) is 0 Å². The molecule has 7 rings (SSSR count). The molecule has 0 radical (unpaired) electrons. The smallest absolute Gasteiger partial charge is 0.344 e. The van der Waals surface area contributed by atoms with Crippen molar-refractivity contribution in [3.05, 3.63) is 118 Å². The zero-order valence-electron chi connectivity index (χ0n) is 26.1. The van der Waals surface area contributed by atoms with Gasteiger partial charge in [0, 0.05) is 61.8 Å². The van der Waals surface area contributed by atoms with Crippen LogP contribution < -0.4 is 15.8 Å². The number of fused-ring (bicyclic) bond motifs is 3. The Morgan fingerprint density at radius 3 is 2.72 bits per heavy atom. The first-order valence-corrected chi connectivity index (χ1v) is 15.5. The topological polar surface area (TPSA) is 95.0 Å². The van der Waals surface area contributed by atoms with Crippen LogP contribution in [0.15, 0.2) is 90.3 Å². The molecule has 11 heteroatoms. The van der Waals surface area contributed by atoms with Gasteiger partial charge < -0.3 is 24.8 Å². The third-order valence-electron chi connectivity index (χ3n) is 9.18. The summed E-state index contributed by atoms with van der Waals surface area (Å²) in [5, 5.41) is 3.14. The maximum Gasteiger partial charge on any atom is 0.344 e. The van der Waals surface area contributed by atoms with E-state index in [0.717, 1.165) is 37.7 Å². The van der Waals surface area contributed by atoms with Crippen molar-refractivity contribution >= 4 is 33.9 Å². The summed E-state index contributed by atoms with van der Waals surface area (Å²) >= 11 is 0. The molecular formula is C36H34F2N6O3. The number of likely N-dealkylation sites (N-methyl/N-ethyl adjacent to an activating group) is 1. The standard InChI is InChI=1S/C36H34F2N6O3/c1-21(37)15-28(39-2)32-31(38)30-33(43-14-13-24-17-42(3)19-29(24)43)27(16-40-34(30)41-32)23-9-10-25-11-12-26(35(45)44(25)18-23)36(46)47-20-22-7-5-4-6-8-22/h4-12,15-16,18,24,29,39H,1,13-14,17,19-20H2,2-3H3,(H,40,41)/b28-15+/t24-,29?/m0/s1. The Morgan fingerprint density at radius 1 is 1.17 bits per heavy atom. The number of anilines is 1. The molecule has 0 amide bonds. The zero-order valence-corrected chi connectivity index (χ0v) is 26.1. The van der Waals surface area contributed by atoms with E-state index in [1.54, 1.807) is 31.6 Å². The maximum absolute atomic E-state index is 16.6. The summed E-state index contributed by atoms with van der Waals surface area (Å²) < 4.78 is 37.2. The molecule has 1 aromatic carbocycles. The van der Waals surface area contributed by atoms with Crippen molar-refractivity contribution in [1.29, 1.82) is 0 Å². The summed E-state index contributed by atoms with van der Waals surface area (Å²) in [4.78, 5) is 38.8. The van der Waals surface area contributed by atoms with Gasteiger partial charge in [-0.15, -0.1) is 0 Å². The lowest BCUT2D eigenvalue weighted by Crippen LogP contribution is -2.35. The highest BCUT2D eigenvalue weighted by Crippen LogP contribution is 2.44. The summed E-state index contributed by atoms with van der Waals surface area (Å²) in [6, 6.07) is 16.2. The number of carbonyl (C=O) groups is 1. The number of pyridine rings is 3. The van der Waals surface area contributed by atoms with Crippen LogP contribution in [0, 0.1) is 11.7 Å². The second kappa shape index (κ2) is 12.1. The van der Waals surface area contributed by atoms with Gasteiger partial charge in [0.1, 0.15) is 29.3 Å². The van der Waals surface area contributed by atoms with E-state index in [2.05, 4.69) is 38.7 Å². The van der Waals surface area contributed by atoms with Crippen LogP contribution in [0.1, 0.15) is 28.0 Å². The number of aromatic amines is 1. The Bertz CT molecular complexity index is 2120. The third kappa shape index (κ3) is 5.46. The molecule has 1 unspecified atom stereocenters. The summed E-state index contributed by atoms with van der Waals surface area (Å²) in [5.74, 6) is -1.59. The van der Waals surface area contributed by atoms with Crippen LogP contribution in [0.2, 0.25) is 0 Å². The molecule has 2 fully saturated rings.